The van der Waals surface area contributed by atoms with E-state index in [1.807, 2.05) is 0 Å². The highest BCUT2D eigenvalue weighted by Crippen LogP contribution is 2.11. The van der Waals surface area contributed by atoms with Gasteiger partial charge in [-0.05, 0) is 6.92 Å². The van der Waals surface area contributed by atoms with Gasteiger partial charge in [-0.25, -0.2) is 9.48 Å². The molecule has 0 amide bonds. The number of esters is 1. The fourth-order valence-corrected chi connectivity index (χ4v) is 1.50. The van der Waals surface area contributed by atoms with Gasteiger partial charge >= 0.3 is 5.97 Å². The van der Waals surface area contributed by atoms with E-state index < -0.39 is 5.97 Å². The summed E-state index contributed by atoms with van der Waals surface area (Å²) in [5, 5.41) is 10.9. The van der Waals surface area contributed by atoms with Crippen LogP contribution in [0.5, 0.6) is 0 Å². The molecule has 1 aliphatic rings. The molecule has 0 bridgehead atoms. The van der Waals surface area contributed by atoms with Crippen LogP contribution in [0, 0.1) is 0 Å². The van der Waals surface area contributed by atoms with Crippen LogP contribution in [0.1, 0.15) is 23.1 Å². The van der Waals surface area contributed by atoms with Crippen molar-refractivity contribution in [3.05, 3.63) is 11.4 Å². The normalized spacial score (nSPS) is 20.3. The van der Waals surface area contributed by atoms with Crippen molar-refractivity contribution in [1.82, 2.24) is 20.3 Å². The highest BCUT2D eigenvalue weighted by atomic mass is 16.5. The van der Waals surface area contributed by atoms with E-state index in [2.05, 4.69) is 27.3 Å². The maximum Gasteiger partial charge on any atom is 0.360 e. The molecule has 76 valence electrons. The maximum atomic E-state index is 11.3. The van der Waals surface area contributed by atoms with E-state index in [9.17, 15) is 4.79 Å². The third-order valence-electron chi connectivity index (χ3n) is 2.28. The highest BCUT2D eigenvalue weighted by Gasteiger charge is 2.24. The van der Waals surface area contributed by atoms with Crippen LogP contribution in [0.25, 0.3) is 0 Å². The molecule has 1 atom stereocenters. The molecule has 1 aliphatic heterocycles. The van der Waals surface area contributed by atoms with Gasteiger partial charge in [0, 0.05) is 12.6 Å². The smallest absolute Gasteiger partial charge is 0.360 e. The van der Waals surface area contributed by atoms with Gasteiger partial charge in [-0.3, -0.25) is 0 Å². The maximum absolute atomic E-state index is 11.3. The third-order valence-corrected chi connectivity index (χ3v) is 2.28. The van der Waals surface area contributed by atoms with Crippen LogP contribution < -0.4 is 5.32 Å². The van der Waals surface area contributed by atoms with Crippen molar-refractivity contribution in [2.24, 2.45) is 0 Å². The number of nitrogens with zero attached hydrogens (tertiary/aromatic N) is 3. The number of fused-ring (bicyclic) bond motifs is 1. The van der Waals surface area contributed by atoms with E-state index in [0.29, 0.717) is 18.3 Å². The molecule has 0 radical (unpaired) electrons. The molecule has 1 N–H and O–H groups in total. The summed E-state index contributed by atoms with van der Waals surface area (Å²) in [5.41, 5.74) is 1.11. The first-order valence-electron chi connectivity index (χ1n) is 4.46. The van der Waals surface area contributed by atoms with Crippen LogP contribution >= 0.6 is 0 Å². The lowest BCUT2D eigenvalue weighted by Gasteiger charge is -2.20. The summed E-state index contributed by atoms with van der Waals surface area (Å²) in [6.07, 6.45) is 0. The average Bonchev–Trinajstić information content (AvgIpc) is 2.59. The molecular formula is C8H12N4O2. The number of rotatable bonds is 1. The van der Waals surface area contributed by atoms with Crippen molar-refractivity contribution in [1.29, 1.82) is 0 Å². The van der Waals surface area contributed by atoms with E-state index in [1.54, 1.807) is 4.68 Å². The van der Waals surface area contributed by atoms with Crippen molar-refractivity contribution in [2.75, 3.05) is 7.11 Å². The van der Waals surface area contributed by atoms with Crippen molar-refractivity contribution in [3.8, 4) is 0 Å². The summed E-state index contributed by atoms with van der Waals surface area (Å²) in [4.78, 5) is 11.3. The van der Waals surface area contributed by atoms with E-state index in [1.165, 1.54) is 7.11 Å². The molecule has 0 fully saturated rings. The highest BCUT2D eigenvalue weighted by molar-refractivity contribution is 5.88. The topological polar surface area (TPSA) is 69.0 Å². The Labute approximate surface area is 81.2 Å². The zero-order valence-electron chi connectivity index (χ0n) is 8.15. The fourth-order valence-electron chi connectivity index (χ4n) is 1.50. The Morgan fingerprint density at radius 1 is 1.71 bits per heavy atom. The van der Waals surface area contributed by atoms with Crippen LogP contribution in [0.2, 0.25) is 0 Å². The number of nitrogens with one attached hydrogen (secondary N) is 1. The molecule has 14 heavy (non-hydrogen) atoms. The van der Waals surface area contributed by atoms with E-state index >= 15 is 0 Å². The van der Waals surface area contributed by atoms with E-state index in [0.717, 1.165) is 12.2 Å². The molecule has 6 nitrogen and oxygen atoms in total. The second-order valence-electron chi connectivity index (χ2n) is 3.34. The predicted octanol–water partition coefficient (Wildman–Crippen LogP) is -0.444. The van der Waals surface area contributed by atoms with Gasteiger partial charge in [-0.2, -0.15) is 0 Å². The molecule has 0 aliphatic carbocycles. The van der Waals surface area contributed by atoms with Gasteiger partial charge < -0.3 is 10.1 Å². The summed E-state index contributed by atoms with van der Waals surface area (Å²) in [6, 6.07) is 0.356. The van der Waals surface area contributed by atoms with Gasteiger partial charge in [-0.15, -0.1) is 5.10 Å². The lowest BCUT2D eigenvalue weighted by atomic mass is 10.2. The first-order chi connectivity index (χ1) is 6.72. The standard InChI is InChI=1S/C8H12N4O2/c1-5-4-12-6(3-9-5)7(10-11-12)8(13)14-2/h5,9H,3-4H2,1-2H3/t5-/m0/s1. The van der Waals surface area contributed by atoms with Gasteiger partial charge in [0.25, 0.3) is 0 Å². The van der Waals surface area contributed by atoms with E-state index in [-0.39, 0.29) is 0 Å². The Morgan fingerprint density at radius 3 is 3.21 bits per heavy atom. The Morgan fingerprint density at radius 2 is 2.50 bits per heavy atom. The van der Waals surface area contributed by atoms with Gasteiger partial charge in [0.15, 0.2) is 5.69 Å². The molecule has 2 heterocycles. The second kappa shape index (κ2) is 3.38. The Hall–Kier alpha value is -1.43. The first kappa shape index (κ1) is 9.14. The molecule has 0 unspecified atom stereocenters. The monoisotopic (exact) mass is 196 g/mol. The zero-order valence-corrected chi connectivity index (χ0v) is 8.15. The van der Waals surface area contributed by atoms with Gasteiger partial charge in [-0.1, -0.05) is 5.21 Å². The zero-order chi connectivity index (χ0) is 10.1. The van der Waals surface area contributed by atoms with E-state index in [4.69, 9.17) is 0 Å². The molecule has 1 aromatic heterocycles. The Kier molecular flexibility index (Phi) is 2.20. The number of hydrogen-bond donors (Lipinski definition) is 1. The minimum atomic E-state index is -0.428. The number of hydrogen-bond acceptors (Lipinski definition) is 5. The number of ether oxygens (including phenoxy) is 1. The summed E-state index contributed by atoms with van der Waals surface area (Å²) >= 11 is 0. The van der Waals surface area contributed by atoms with Crippen LogP contribution in [-0.4, -0.2) is 34.1 Å². The summed E-state index contributed by atoms with van der Waals surface area (Å²) in [7, 11) is 1.34. The number of methoxy groups -OCH3 is 1. The SMILES string of the molecule is COC(=O)c1nnn2c1CN[C@@H](C)C2. The molecule has 0 aromatic carbocycles. The number of aromatic nitrogens is 3. The molecule has 1 aromatic rings. The van der Waals surface area contributed by atoms with Crippen molar-refractivity contribution >= 4 is 5.97 Å². The van der Waals surface area contributed by atoms with Gasteiger partial charge in [0.2, 0.25) is 0 Å². The lowest BCUT2D eigenvalue weighted by molar-refractivity contribution is 0.0592. The molecular weight excluding hydrogens is 184 g/mol. The minimum absolute atomic E-state index is 0.312. The van der Waals surface area contributed by atoms with Crippen molar-refractivity contribution in [3.63, 3.8) is 0 Å². The minimum Gasteiger partial charge on any atom is -0.464 e. The molecule has 0 saturated carbocycles. The lowest BCUT2D eigenvalue weighted by Crippen LogP contribution is -2.37. The molecule has 0 saturated heterocycles. The third kappa shape index (κ3) is 1.37. The van der Waals surface area contributed by atoms with Gasteiger partial charge in [0.1, 0.15) is 0 Å². The van der Waals surface area contributed by atoms with Crippen LogP contribution in [0.3, 0.4) is 0 Å². The summed E-state index contributed by atoms with van der Waals surface area (Å²) < 4.78 is 6.35. The first-order valence-corrected chi connectivity index (χ1v) is 4.46. The van der Waals surface area contributed by atoms with Crippen LogP contribution in [-0.2, 0) is 17.8 Å². The predicted molar refractivity (Wildman–Crippen MR) is 47.7 cm³/mol. The number of carbonyl (C=O) groups excluding carboxylic acids is 1. The fraction of sp³-hybridized carbons (Fsp3) is 0.625. The Balaban J connectivity index is 2.33. The van der Waals surface area contributed by atoms with Crippen molar-refractivity contribution < 1.29 is 9.53 Å². The largest absolute Gasteiger partial charge is 0.464 e. The molecule has 6 heteroatoms. The molecule has 0 spiro atoms. The molecule has 2 rings (SSSR count). The Bertz CT molecular complexity index is 360. The van der Waals surface area contributed by atoms with Crippen molar-refractivity contribution in [2.45, 2.75) is 26.1 Å². The van der Waals surface area contributed by atoms with Crippen LogP contribution in [0.15, 0.2) is 0 Å². The number of carbonyl (C=O) groups is 1. The summed E-state index contributed by atoms with van der Waals surface area (Å²) in [5.74, 6) is -0.428. The van der Waals surface area contributed by atoms with Gasteiger partial charge in [0.05, 0.1) is 19.3 Å². The quantitative estimate of drug-likeness (QED) is 0.616. The second-order valence-corrected chi connectivity index (χ2v) is 3.34. The summed E-state index contributed by atoms with van der Waals surface area (Å²) in [6.45, 7) is 3.40. The van der Waals surface area contributed by atoms with Crippen LogP contribution in [0.4, 0.5) is 0 Å². The average molecular weight is 196 g/mol.